The van der Waals surface area contributed by atoms with E-state index < -0.39 is 32.7 Å². The number of hydrogen-bond donors (Lipinski definition) is 2. The summed E-state index contributed by atoms with van der Waals surface area (Å²) in [5.74, 6) is -1.87. The number of carbonyl (C=O) groups excluding carboxylic acids is 1. The average Bonchev–Trinajstić information content (AvgIpc) is 2.55. The van der Waals surface area contributed by atoms with Crippen LogP contribution in [0.5, 0.6) is 0 Å². The number of carbonyl (C=O) groups is 1. The van der Waals surface area contributed by atoms with Crippen LogP contribution in [0.3, 0.4) is 0 Å². The van der Waals surface area contributed by atoms with Gasteiger partial charge in [-0.05, 0) is 50.1 Å². The van der Waals surface area contributed by atoms with Crippen LogP contribution in [0.25, 0.3) is 0 Å². The normalized spacial score (nSPS) is 11.6. The minimum Gasteiger partial charge on any atom is -0.352 e. The van der Waals surface area contributed by atoms with E-state index in [2.05, 4.69) is 10.0 Å². The summed E-state index contributed by atoms with van der Waals surface area (Å²) in [4.78, 5) is 11.6. The highest BCUT2D eigenvalue weighted by Crippen LogP contribution is 2.17. The molecule has 0 saturated heterocycles. The first kappa shape index (κ1) is 20.0. The highest BCUT2D eigenvalue weighted by molar-refractivity contribution is 7.89. The Labute approximate surface area is 151 Å². The van der Waals surface area contributed by atoms with Crippen LogP contribution in [-0.2, 0) is 16.4 Å². The Kier molecular flexibility index (Phi) is 6.44. The lowest BCUT2D eigenvalue weighted by molar-refractivity contribution is 0.0953. The van der Waals surface area contributed by atoms with Crippen molar-refractivity contribution in [3.8, 4) is 0 Å². The second kappa shape index (κ2) is 8.37. The third-order valence-electron chi connectivity index (χ3n) is 3.51. The first-order valence-corrected chi connectivity index (χ1v) is 9.52. The summed E-state index contributed by atoms with van der Waals surface area (Å²) in [6.45, 7) is 3.37. The fraction of sp³-hybridized carbons (Fsp3) is 0.278. The Hall–Kier alpha value is -2.32. The third-order valence-corrected chi connectivity index (χ3v) is 5.19. The fourth-order valence-electron chi connectivity index (χ4n) is 2.34. The molecule has 140 valence electrons. The van der Waals surface area contributed by atoms with E-state index in [0.717, 1.165) is 12.1 Å². The summed E-state index contributed by atoms with van der Waals surface area (Å²) in [5.41, 5.74) is 0.459. The van der Waals surface area contributed by atoms with Crippen molar-refractivity contribution >= 4 is 15.9 Å². The summed E-state index contributed by atoms with van der Waals surface area (Å²) in [7, 11) is -4.07. The van der Waals surface area contributed by atoms with Crippen LogP contribution >= 0.6 is 0 Å². The number of rotatable bonds is 7. The topological polar surface area (TPSA) is 75.3 Å². The van der Waals surface area contributed by atoms with E-state index in [1.807, 2.05) is 0 Å². The number of halogens is 2. The van der Waals surface area contributed by atoms with E-state index in [0.29, 0.717) is 5.56 Å². The van der Waals surface area contributed by atoms with Gasteiger partial charge in [0.25, 0.3) is 5.91 Å². The Balaban J connectivity index is 2.10. The Morgan fingerprint density at radius 3 is 2.42 bits per heavy atom. The predicted octanol–water partition coefficient (Wildman–Crippen LogP) is 2.62. The number of nitrogens with one attached hydrogen (secondary N) is 2. The Morgan fingerprint density at radius 1 is 1.08 bits per heavy atom. The highest BCUT2D eigenvalue weighted by atomic mass is 32.2. The smallest absolute Gasteiger partial charge is 0.251 e. The van der Waals surface area contributed by atoms with Crippen molar-refractivity contribution in [3.63, 3.8) is 0 Å². The van der Waals surface area contributed by atoms with Gasteiger partial charge in [-0.2, -0.15) is 0 Å². The molecular weight excluding hydrogens is 362 g/mol. The molecular formula is C18H20F2N2O3S. The van der Waals surface area contributed by atoms with Crippen LogP contribution in [0, 0.1) is 11.6 Å². The maximum absolute atomic E-state index is 13.9. The van der Waals surface area contributed by atoms with Gasteiger partial charge in [-0.15, -0.1) is 0 Å². The molecule has 0 saturated carbocycles. The first-order valence-electron chi connectivity index (χ1n) is 8.04. The summed E-state index contributed by atoms with van der Waals surface area (Å²) in [6.07, 6.45) is 0.277. The maximum atomic E-state index is 13.9. The first-order chi connectivity index (χ1) is 12.2. The van der Waals surface area contributed by atoms with Crippen LogP contribution in [0.15, 0.2) is 47.4 Å². The lowest BCUT2D eigenvalue weighted by Crippen LogP contribution is -2.31. The monoisotopic (exact) mass is 382 g/mol. The van der Waals surface area contributed by atoms with E-state index in [4.69, 9.17) is 0 Å². The van der Waals surface area contributed by atoms with Crippen molar-refractivity contribution in [2.75, 3.05) is 6.54 Å². The molecule has 0 aromatic heterocycles. The molecule has 0 radical (unpaired) electrons. The predicted molar refractivity (Wildman–Crippen MR) is 94.3 cm³/mol. The van der Waals surface area contributed by atoms with E-state index in [-0.39, 0.29) is 24.3 Å². The quantitative estimate of drug-likeness (QED) is 0.773. The van der Waals surface area contributed by atoms with Crippen molar-refractivity contribution in [2.24, 2.45) is 0 Å². The Morgan fingerprint density at radius 2 is 1.77 bits per heavy atom. The van der Waals surface area contributed by atoms with Crippen molar-refractivity contribution in [1.29, 1.82) is 0 Å². The molecule has 26 heavy (non-hydrogen) atoms. The summed E-state index contributed by atoms with van der Waals surface area (Å²) >= 11 is 0. The maximum Gasteiger partial charge on any atom is 0.251 e. The summed E-state index contributed by atoms with van der Waals surface area (Å²) in [6, 6.07) is 8.90. The highest BCUT2D eigenvalue weighted by Gasteiger charge is 2.22. The van der Waals surface area contributed by atoms with Gasteiger partial charge in [0.05, 0.1) is 0 Å². The van der Waals surface area contributed by atoms with Gasteiger partial charge in [-0.3, -0.25) is 4.79 Å². The molecule has 0 bridgehead atoms. The molecule has 2 rings (SSSR count). The van der Waals surface area contributed by atoms with Gasteiger partial charge in [-0.1, -0.05) is 18.2 Å². The zero-order chi connectivity index (χ0) is 19.3. The number of sulfonamides is 1. The van der Waals surface area contributed by atoms with Gasteiger partial charge in [0.2, 0.25) is 10.0 Å². The molecule has 5 nitrogen and oxygen atoms in total. The minimum atomic E-state index is -4.07. The number of benzene rings is 2. The fourth-order valence-corrected chi connectivity index (χ4v) is 3.69. The summed E-state index contributed by atoms with van der Waals surface area (Å²) in [5, 5.41) is 2.57. The molecule has 0 aliphatic carbocycles. The van der Waals surface area contributed by atoms with Crippen LogP contribution in [0.1, 0.15) is 29.8 Å². The van der Waals surface area contributed by atoms with Gasteiger partial charge in [0.15, 0.2) is 0 Å². The van der Waals surface area contributed by atoms with Crippen molar-refractivity contribution < 1.29 is 22.0 Å². The molecule has 0 aliphatic rings. The molecule has 0 heterocycles. The van der Waals surface area contributed by atoms with Crippen LogP contribution < -0.4 is 10.0 Å². The number of hydrogen-bond acceptors (Lipinski definition) is 3. The van der Waals surface area contributed by atoms with Gasteiger partial charge < -0.3 is 5.32 Å². The zero-order valence-electron chi connectivity index (χ0n) is 14.4. The van der Waals surface area contributed by atoms with Gasteiger partial charge in [0, 0.05) is 18.2 Å². The molecule has 0 fully saturated rings. The second-order valence-electron chi connectivity index (χ2n) is 6.02. The third kappa shape index (κ3) is 5.09. The molecule has 8 heteroatoms. The Bertz CT molecular complexity index is 899. The molecule has 2 aromatic carbocycles. The standard InChI is InChI=1S/C18H20F2N2O3S/c1-12(2)22-26(24,25)17-11-14(7-8-16(17)20)18(23)21-10-9-13-5-3-4-6-15(13)19/h3-8,11-12,22H,9-10H2,1-2H3,(H,21,23). The zero-order valence-corrected chi connectivity index (χ0v) is 15.2. The molecule has 0 atom stereocenters. The molecule has 0 unspecified atom stereocenters. The van der Waals surface area contributed by atoms with Crippen molar-refractivity contribution in [1.82, 2.24) is 10.0 Å². The minimum absolute atomic E-state index is 0.00376. The van der Waals surface area contributed by atoms with Crippen LogP contribution in [0.2, 0.25) is 0 Å². The van der Waals surface area contributed by atoms with Crippen LogP contribution in [0.4, 0.5) is 8.78 Å². The SMILES string of the molecule is CC(C)NS(=O)(=O)c1cc(C(=O)NCCc2ccccc2F)ccc1F. The average molecular weight is 382 g/mol. The molecule has 2 aromatic rings. The van der Waals surface area contributed by atoms with E-state index >= 15 is 0 Å². The van der Waals surface area contributed by atoms with Gasteiger partial charge in [-0.25, -0.2) is 21.9 Å². The van der Waals surface area contributed by atoms with E-state index in [1.54, 1.807) is 32.0 Å². The molecule has 0 aliphatic heterocycles. The lowest BCUT2D eigenvalue weighted by Gasteiger charge is -2.12. The van der Waals surface area contributed by atoms with E-state index in [9.17, 15) is 22.0 Å². The van der Waals surface area contributed by atoms with Crippen molar-refractivity contribution in [3.05, 3.63) is 65.2 Å². The largest absolute Gasteiger partial charge is 0.352 e. The molecule has 2 N–H and O–H groups in total. The van der Waals surface area contributed by atoms with E-state index in [1.165, 1.54) is 12.1 Å². The van der Waals surface area contributed by atoms with Crippen LogP contribution in [-0.4, -0.2) is 26.9 Å². The second-order valence-corrected chi connectivity index (χ2v) is 7.70. The van der Waals surface area contributed by atoms with Gasteiger partial charge >= 0.3 is 0 Å². The lowest BCUT2D eigenvalue weighted by atomic mass is 10.1. The summed E-state index contributed by atoms with van der Waals surface area (Å²) < 4.78 is 54.0. The van der Waals surface area contributed by atoms with Gasteiger partial charge in [0.1, 0.15) is 16.5 Å². The van der Waals surface area contributed by atoms with Crippen molar-refractivity contribution in [2.45, 2.75) is 31.2 Å². The number of amides is 1. The molecule has 1 amide bonds. The molecule has 0 spiro atoms.